The van der Waals surface area contributed by atoms with E-state index in [2.05, 4.69) is 9.97 Å². The molecule has 0 bridgehead atoms. The lowest BCUT2D eigenvalue weighted by Crippen LogP contribution is -2.08. The minimum atomic E-state index is -0.0381. The maximum atomic E-state index is 7.69. The van der Waals surface area contributed by atoms with Crippen molar-refractivity contribution in [1.82, 2.24) is 9.97 Å². The zero-order chi connectivity index (χ0) is 12.1. The minimum Gasteiger partial charge on any atom is -0.472 e. The second-order valence-electron chi connectivity index (χ2n) is 3.33. The van der Waals surface area contributed by atoms with E-state index in [0.717, 1.165) is 5.56 Å². The molecule has 0 aliphatic rings. The quantitative estimate of drug-likeness (QED) is 0.670. The molecule has 1 aromatic heterocycles. The molecule has 1 N–H and O–H groups in total. The van der Waals surface area contributed by atoms with E-state index in [0.29, 0.717) is 12.3 Å². The molecule has 2 rings (SSSR count). The molecule has 86 valence electrons. The Kier molecular flexibility index (Phi) is 3.67. The van der Waals surface area contributed by atoms with Crippen molar-refractivity contribution >= 4 is 17.5 Å². The van der Waals surface area contributed by atoms with Gasteiger partial charge in [-0.2, -0.15) is 0 Å². The van der Waals surface area contributed by atoms with E-state index in [1.807, 2.05) is 30.3 Å². The molecule has 0 unspecified atom stereocenters. The van der Waals surface area contributed by atoms with Crippen LogP contribution in [0.3, 0.4) is 0 Å². The van der Waals surface area contributed by atoms with Gasteiger partial charge in [-0.05, 0) is 5.56 Å². The molecule has 0 spiro atoms. The first-order valence-corrected chi connectivity index (χ1v) is 5.36. The summed E-state index contributed by atoms with van der Waals surface area (Å²) in [6.45, 7) is 0.327. The number of nitrogens with one attached hydrogen (secondary N) is 1. The Hall–Kier alpha value is -1.94. The Morgan fingerprint density at radius 2 is 2.00 bits per heavy atom. The Balaban J connectivity index is 1.98. The summed E-state index contributed by atoms with van der Waals surface area (Å²) in [5.74, 6) is -0.0381. The summed E-state index contributed by atoms with van der Waals surface area (Å²) >= 11 is 5.68. The van der Waals surface area contributed by atoms with Crippen molar-refractivity contribution in [2.24, 2.45) is 0 Å². The van der Waals surface area contributed by atoms with Gasteiger partial charge in [0.1, 0.15) is 17.5 Å². The van der Waals surface area contributed by atoms with Crippen LogP contribution in [0.5, 0.6) is 0 Å². The number of aromatic nitrogens is 2. The van der Waals surface area contributed by atoms with Crippen LogP contribution in [-0.4, -0.2) is 15.9 Å². The normalized spacial score (nSPS) is 9.94. The summed E-state index contributed by atoms with van der Waals surface area (Å²) in [7, 11) is 0. The van der Waals surface area contributed by atoms with Gasteiger partial charge in [-0.25, -0.2) is 4.98 Å². The van der Waals surface area contributed by atoms with Gasteiger partial charge in [0.25, 0.3) is 0 Å². The van der Waals surface area contributed by atoms with Gasteiger partial charge in [0.05, 0.1) is 12.4 Å². The molecular formula is C12H10ClN3O. The van der Waals surface area contributed by atoms with E-state index in [1.54, 1.807) is 0 Å². The zero-order valence-corrected chi connectivity index (χ0v) is 9.69. The van der Waals surface area contributed by atoms with E-state index in [9.17, 15) is 0 Å². The van der Waals surface area contributed by atoms with Crippen LogP contribution in [0.15, 0.2) is 42.7 Å². The smallest absolute Gasteiger partial charge is 0.234 e. The monoisotopic (exact) mass is 247 g/mol. The number of rotatable bonds is 3. The van der Waals surface area contributed by atoms with Crippen LogP contribution in [0.2, 0.25) is 5.15 Å². The lowest BCUT2D eigenvalue weighted by atomic mass is 10.2. The molecule has 0 radical (unpaired) electrons. The maximum absolute atomic E-state index is 7.69. The fourth-order valence-corrected chi connectivity index (χ4v) is 1.40. The highest BCUT2D eigenvalue weighted by Gasteiger charge is 2.05. The molecule has 0 saturated carbocycles. The van der Waals surface area contributed by atoms with Crippen LogP contribution < -0.4 is 0 Å². The van der Waals surface area contributed by atoms with Crippen LogP contribution >= 0.6 is 11.6 Å². The largest absolute Gasteiger partial charge is 0.472 e. The fraction of sp³-hybridized carbons (Fsp3) is 0.0833. The number of hydrogen-bond acceptors (Lipinski definition) is 4. The molecule has 4 nitrogen and oxygen atoms in total. The van der Waals surface area contributed by atoms with Gasteiger partial charge in [0.15, 0.2) is 0 Å². The molecule has 17 heavy (non-hydrogen) atoms. The summed E-state index contributed by atoms with van der Waals surface area (Å²) in [5, 5.41) is 7.94. The molecule has 0 fully saturated rings. The predicted octanol–water partition coefficient (Wildman–Crippen LogP) is 2.67. The van der Waals surface area contributed by atoms with Gasteiger partial charge in [-0.1, -0.05) is 41.9 Å². The SMILES string of the molecule is N=C(OCc1ccccc1)c1cncc(Cl)n1. The van der Waals surface area contributed by atoms with E-state index in [1.165, 1.54) is 12.4 Å². The third-order valence-electron chi connectivity index (χ3n) is 2.06. The van der Waals surface area contributed by atoms with Crippen molar-refractivity contribution < 1.29 is 4.74 Å². The molecule has 0 aliphatic heterocycles. The van der Waals surface area contributed by atoms with Gasteiger partial charge < -0.3 is 4.74 Å². The molecular weight excluding hydrogens is 238 g/mol. The zero-order valence-electron chi connectivity index (χ0n) is 8.93. The Morgan fingerprint density at radius 3 is 2.71 bits per heavy atom. The Labute approximate surface area is 104 Å². The highest BCUT2D eigenvalue weighted by atomic mass is 35.5. The molecule has 0 aliphatic carbocycles. The summed E-state index contributed by atoms with van der Waals surface area (Å²) in [4.78, 5) is 7.78. The van der Waals surface area contributed by atoms with Gasteiger partial charge in [0.2, 0.25) is 5.90 Å². The summed E-state index contributed by atoms with van der Waals surface area (Å²) in [6.07, 6.45) is 2.86. The predicted molar refractivity (Wildman–Crippen MR) is 65.1 cm³/mol. The first kappa shape index (κ1) is 11.5. The lowest BCUT2D eigenvalue weighted by molar-refractivity contribution is 0.290. The second-order valence-corrected chi connectivity index (χ2v) is 3.72. The Bertz CT molecular complexity index is 516. The first-order valence-electron chi connectivity index (χ1n) is 4.99. The van der Waals surface area contributed by atoms with E-state index < -0.39 is 0 Å². The van der Waals surface area contributed by atoms with E-state index in [-0.39, 0.29) is 11.1 Å². The number of nitrogens with zero attached hydrogens (tertiary/aromatic N) is 2. The van der Waals surface area contributed by atoms with Crippen molar-refractivity contribution in [3.8, 4) is 0 Å². The topological polar surface area (TPSA) is 58.9 Å². The van der Waals surface area contributed by atoms with Crippen molar-refractivity contribution in [2.45, 2.75) is 6.61 Å². The van der Waals surface area contributed by atoms with Crippen LogP contribution in [0, 0.1) is 5.41 Å². The average Bonchev–Trinajstić information content (AvgIpc) is 2.37. The number of benzene rings is 1. The van der Waals surface area contributed by atoms with Crippen molar-refractivity contribution in [1.29, 1.82) is 5.41 Å². The summed E-state index contributed by atoms with van der Waals surface area (Å²) < 4.78 is 5.29. The molecule has 0 saturated heterocycles. The van der Waals surface area contributed by atoms with Gasteiger partial charge in [0, 0.05) is 0 Å². The number of halogens is 1. The van der Waals surface area contributed by atoms with Crippen molar-refractivity contribution in [3.05, 3.63) is 59.1 Å². The molecule has 2 aromatic rings. The van der Waals surface area contributed by atoms with Crippen LogP contribution in [0.4, 0.5) is 0 Å². The van der Waals surface area contributed by atoms with Gasteiger partial charge >= 0.3 is 0 Å². The third-order valence-corrected chi connectivity index (χ3v) is 2.25. The molecule has 0 amide bonds. The standard InChI is InChI=1S/C12H10ClN3O/c13-11-7-15-6-10(16-11)12(14)17-8-9-4-2-1-3-5-9/h1-7,14H,8H2. The number of ether oxygens (including phenoxy) is 1. The van der Waals surface area contributed by atoms with Gasteiger partial charge in [-0.3, -0.25) is 10.4 Å². The highest BCUT2D eigenvalue weighted by Crippen LogP contribution is 2.06. The van der Waals surface area contributed by atoms with E-state index >= 15 is 0 Å². The van der Waals surface area contributed by atoms with Crippen LogP contribution in [0.25, 0.3) is 0 Å². The van der Waals surface area contributed by atoms with Crippen molar-refractivity contribution in [3.63, 3.8) is 0 Å². The van der Waals surface area contributed by atoms with Crippen molar-refractivity contribution in [2.75, 3.05) is 0 Å². The lowest BCUT2D eigenvalue weighted by Gasteiger charge is -2.06. The second kappa shape index (κ2) is 5.41. The van der Waals surface area contributed by atoms with E-state index in [4.69, 9.17) is 21.7 Å². The third kappa shape index (κ3) is 3.26. The number of hydrogen-bond donors (Lipinski definition) is 1. The van der Waals surface area contributed by atoms with Crippen LogP contribution in [-0.2, 0) is 11.3 Å². The maximum Gasteiger partial charge on any atom is 0.234 e. The molecule has 1 aromatic carbocycles. The molecule has 1 heterocycles. The Morgan fingerprint density at radius 1 is 1.24 bits per heavy atom. The molecule has 5 heteroatoms. The van der Waals surface area contributed by atoms with Crippen LogP contribution in [0.1, 0.15) is 11.3 Å². The minimum absolute atomic E-state index is 0.0381. The highest BCUT2D eigenvalue weighted by molar-refractivity contribution is 6.29. The first-order chi connectivity index (χ1) is 8.25. The summed E-state index contributed by atoms with van der Waals surface area (Å²) in [5.41, 5.74) is 1.32. The summed E-state index contributed by atoms with van der Waals surface area (Å²) in [6, 6.07) is 9.62. The average molecular weight is 248 g/mol. The van der Waals surface area contributed by atoms with Gasteiger partial charge in [-0.15, -0.1) is 0 Å². The fourth-order valence-electron chi connectivity index (χ4n) is 1.26. The molecule has 0 atom stereocenters.